The molecule has 9 nitrogen and oxygen atoms in total. The lowest BCUT2D eigenvalue weighted by atomic mass is 9.99. The summed E-state index contributed by atoms with van der Waals surface area (Å²) < 4.78 is 11.2. The maximum Gasteiger partial charge on any atom is 0.220 e. The second kappa shape index (κ2) is 33.5. The Bertz CT molecular complexity index is 812. The van der Waals surface area contributed by atoms with Crippen molar-refractivity contribution in [3.8, 4) is 0 Å². The Morgan fingerprint density at radius 2 is 1.08 bits per heavy atom. The van der Waals surface area contributed by atoms with Gasteiger partial charge in [0, 0.05) is 6.42 Å². The molecule has 0 aromatic carbocycles. The van der Waals surface area contributed by atoms with Gasteiger partial charge in [0.25, 0.3) is 0 Å². The molecule has 51 heavy (non-hydrogen) atoms. The summed E-state index contributed by atoms with van der Waals surface area (Å²) in [6.07, 6.45) is 29.6. The molecule has 9 heteroatoms. The van der Waals surface area contributed by atoms with Crippen LogP contribution in [0.3, 0.4) is 0 Å². The molecule has 0 spiro atoms. The van der Waals surface area contributed by atoms with Crippen LogP contribution < -0.4 is 5.32 Å². The zero-order valence-electron chi connectivity index (χ0n) is 32.9. The fourth-order valence-electron chi connectivity index (χ4n) is 6.86. The van der Waals surface area contributed by atoms with E-state index in [9.17, 15) is 30.3 Å². The van der Waals surface area contributed by atoms with E-state index in [-0.39, 0.29) is 12.5 Å². The highest BCUT2D eigenvalue weighted by atomic mass is 16.7. The molecule has 1 rings (SSSR count). The van der Waals surface area contributed by atoms with Gasteiger partial charge in [0.15, 0.2) is 6.29 Å². The molecule has 7 atom stereocenters. The Hall–Kier alpha value is -1.07. The highest BCUT2D eigenvalue weighted by molar-refractivity contribution is 5.76. The molecule has 1 aliphatic rings. The highest BCUT2D eigenvalue weighted by Crippen LogP contribution is 2.22. The third kappa shape index (κ3) is 24.8. The van der Waals surface area contributed by atoms with E-state index in [0.717, 1.165) is 38.5 Å². The van der Waals surface area contributed by atoms with Crippen molar-refractivity contribution in [2.75, 3.05) is 13.2 Å². The molecule has 0 aromatic rings. The Kier molecular flexibility index (Phi) is 31.5. The predicted octanol–water partition coefficient (Wildman–Crippen LogP) is 8.17. The van der Waals surface area contributed by atoms with Crippen molar-refractivity contribution >= 4 is 5.91 Å². The first-order valence-corrected chi connectivity index (χ1v) is 21.4. The molecule has 302 valence electrons. The van der Waals surface area contributed by atoms with Crippen molar-refractivity contribution < 1.29 is 39.8 Å². The van der Waals surface area contributed by atoms with Crippen LogP contribution in [-0.2, 0) is 14.3 Å². The van der Waals surface area contributed by atoms with Crippen molar-refractivity contribution in [2.45, 2.75) is 236 Å². The normalized spacial score (nSPS) is 22.1. The molecule has 0 saturated carbocycles. The fourth-order valence-corrected chi connectivity index (χ4v) is 6.86. The summed E-state index contributed by atoms with van der Waals surface area (Å²) in [5.41, 5.74) is 0. The molecule has 6 N–H and O–H groups in total. The summed E-state index contributed by atoms with van der Waals surface area (Å²) >= 11 is 0. The molecule has 1 aliphatic heterocycles. The Labute approximate surface area is 312 Å². The number of amides is 1. The third-order valence-corrected chi connectivity index (χ3v) is 10.4. The summed E-state index contributed by atoms with van der Waals surface area (Å²) in [6.45, 7) is 3.76. The smallest absolute Gasteiger partial charge is 0.220 e. The number of aliphatic hydroxyl groups excluding tert-OH is 5. The van der Waals surface area contributed by atoms with Gasteiger partial charge in [-0.3, -0.25) is 4.79 Å². The fraction of sp³-hybridized carbons (Fsp3) is 0.929. The first-order chi connectivity index (χ1) is 24.8. The van der Waals surface area contributed by atoms with Crippen LogP contribution in [0.1, 0.15) is 194 Å². The molecule has 1 heterocycles. The lowest BCUT2D eigenvalue weighted by Gasteiger charge is -2.40. The van der Waals surface area contributed by atoms with E-state index in [0.29, 0.717) is 6.42 Å². The van der Waals surface area contributed by atoms with Crippen molar-refractivity contribution in [3.05, 3.63) is 12.2 Å². The zero-order chi connectivity index (χ0) is 37.4. The maximum atomic E-state index is 12.9. The monoisotopic (exact) mass is 728 g/mol. The highest BCUT2D eigenvalue weighted by Gasteiger charge is 2.44. The summed E-state index contributed by atoms with van der Waals surface area (Å²) in [5.74, 6) is -0.176. The molecule has 1 fully saturated rings. The van der Waals surface area contributed by atoms with Gasteiger partial charge in [0.05, 0.1) is 25.4 Å². The van der Waals surface area contributed by atoms with Gasteiger partial charge in [0.1, 0.15) is 24.4 Å². The van der Waals surface area contributed by atoms with E-state index in [1.807, 2.05) is 6.08 Å². The van der Waals surface area contributed by atoms with Gasteiger partial charge in [0.2, 0.25) is 5.91 Å². The van der Waals surface area contributed by atoms with Crippen molar-refractivity contribution in [3.63, 3.8) is 0 Å². The third-order valence-electron chi connectivity index (χ3n) is 10.4. The van der Waals surface area contributed by atoms with Crippen LogP contribution in [0.2, 0.25) is 0 Å². The van der Waals surface area contributed by atoms with E-state index >= 15 is 0 Å². The summed E-state index contributed by atoms with van der Waals surface area (Å²) in [5, 5.41) is 54.0. The van der Waals surface area contributed by atoms with Gasteiger partial charge in [-0.1, -0.05) is 180 Å². The topological polar surface area (TPSA) is 149 Å². The summed E-state index contributed by atoms with van der Waals surface area (Å²) in [7, 11) is 0. The van der Waals surface area contributed by atoms with Gasteiger partial charge in [-0.2, -0.15) is 0 Å². The average Bonchev–Trinajstić information content (AvgIpc) is 3.13. The van der Waals surface area contributed by atoms with Crippen LogP contribution in [0, 0.1) is 0 Å². The van der Waals surface area contributed by atoms with Crippen LogP contribution in [-0.4, -0.2) is 87.5 Å². The van der Waals surface area contributed by atoms with E-state index in [4.69, 9.17) is 9.47 Å². The van der Waals surface area contributed by atoms with Gasteiger partial charge >= 0.3 is 0 Å². The first-order valence-electron chi connectivity index (χ1n) is 21.4. The molecular weight excluding hydrogens is 646 g/mol. The predicted molar refractivity (Wildman–Crippen MR) is 207 cm³/mol. The van der Waals surface area contributed by atoms with Crippen LogP contribution in [0.25, 0.3) is 0 Å². The zero-order valence-corrected chi connectivity index (χ0v) is 32.9. The standard InChI is InChI=1S/C42H81NO8/c1-3-5-7-9-11-13-15-17-18-20-22-24-26-28-30-32-38(46)43-35(34-50-42-41(49)40(48)39(47)37(33-44)51-42)36(45)31-29-27-25-23-21-19-16-14-12-10-8-6-4-2/h29,31,35-37,39-42,44-45,47-49H,3-28,30,32-34H2,1-2H3,(H,43,46)/t35-,36+,37?,39-,40-,41-,42+/m0/s1. The second-order valence-electron chi connectivity index (χ2n) is 15.1. The molecule has 1 unspecified atom stereocenters. The average molecular weight is 728 g/mol. The molecule has 0 aliphatic carbocycles. The number of nitrogens with one attached hydrogen (secondary N) is 1. The number of carbonyl (C=O) groups is 1. The molecule has 0 bridgehead atoms. The molecule has 0 aromatic heterocycles. The number of hydrogen-bond acceptors (Lipinski definition) is 8. The minimum Gasteiger partial charge on any atom is -0.394 e. The van der Waals surface area contributed by atoms with Crippen LogP contribution in [0.4, 0.5) is 0 Å². The van der Waals surface area contributed by atoms with Crippen LogP contribution in [0.5, 0.6) is 0 Å². The summed E-state index contributed by atoms with van der Waals surface area (Å²) in [6, 6.07) is -0.796. The van der Waals surface area contributed by atoms with Gasteiger partial charge in [-0.15, -0.1) is 0 Å². The summed E-state index contributed by atoms with van der Waals surface area (Å²) in [4.78, 5) is 12.9. The number of aliphatic hydroxyl groups is 5. The minimum atomic E-state index is -1.56. The number of rotatable bonds is 35. The van der Waals surface area contributed by atoms with Gasteiger partial charge in [-0.05, 0) is 19.3 Å². The number of ether oxygens (including phenoxy) is 2. The largest absolute Gasteiger partial charge is 0.394 e. The van der Waals surface area contributed by atoms with Gasteiger partial charge in [-0.25, -0.2) is 0 Å². The second-order valence-corrected chi connectivity index (χ2v) is 15.1. The molecule has 1 amide bonds. The van der Waals surface area contributed by atoms with E-state index in [1.54, 1.807) is 6.08 Å². The Balaban J connectivity index is 2.39. The Morgan fingerprint density at radius 3 is 1.53 bits per heavy atom. The van der Waals surface area contributed by atoms with Crippen LogP contribution >= 0.6 is 0 Å². The van der Waals surface area contributed by atoms with E-state index in [2.05, 4.69) is 19.2 Å². The maximum absolute atomic E-state index is 12.9. The van der Waals surface area contributed by atoms with E-state index < -0.39 is 49.5 Å². The first kappa shape index (κ1) is 48.0. The SMILES string of the molecule is CCCCCCCCCCCCCC=C[C@@H](O)[C@H](CO[C@@H]1OC(CO)[C@H](O)[C@H](O)[C@@H]1O)NC(=O)CCCCCCCCCCCCCCCCC. The molecule has 0 radical (unpaired) electrons. The Morgan fingerprint density at radius 1 is 0.647 bits per heavy atom. The molecule has 1 saturated heterocycles. The van der Waals surface area contributed by atoms with Crippen molar-refractivity contribution in [2.24, 2.45) is 0 Å². The molecular formula is C42H81NO8. The minimum absolute atomic E-state index is 0.176. The quantitative estimate of drug-likeness (QED) is 0.0283. The number of allylic oxidation sites excluding steroid dienone is 1. The van der Waals surface area contributed by atoms with Crippen molar-refractivity contribution in [1.29, 1.82) is 0 Å². The van der Waals surface area contributed by atoms with E-state index in [1.165, 1.54) is 135 Å². The lowest BCUT2D eigenvalue weighted by Crippen LogP contribution is -2.60. The van der Waals surface area contributed by atoms with Crippen LogP contribution in [0.15, 0.2) is 12.2 Å². The number of carbonyl (C=O) groups excluding carboxylic acids is 1. The number of unbranched alkanes of at least 4 members (excludes halogenated alkanes) is 25. The van der Waals surface area contributed by atoms with Gasteiger partial charge < -0.3 is 40.3 Å². The van der Waals surface area contributed by atoms with Crippen molar-refractivity contribution in [1.82, 2.24) is 5.32 Å². The number of hydrogen-bond donors (Lipinski definition) is 6. The lowest BCUT2D eigenvalue weighted by molar-refractivity contribution is -0.302.